The van der Waals surface area contributed by atoms with Crippen LogP contribution in [0.5, 0.6) is 0 Å². The van der Waals surface area contributed by atoms with E-state index >= 15 is 0 Å². The summed E-state index contributed by atoms with van der Waals surface area (Å²) in [6.07, 6.45) is 0. The highest BCUT2D eigenvalue weighted by Gasteiger charge is 2.16. The summed E-state index contributed by atoms with van der Waals surface area (Å²) in [4.78, 5) is 0. The number of rotatable bonds is 2. The summed E-state index contributed by atoms with van der Waals surface area (Å²) in [5.41, 5.74) is 7.78. The molecule has 2 N–H and O–H groups in total. The van der Waals surface area contributed by atoms with Crippen LogP contribution in [0, 0.1) is 0 Å². The van der Waals surface area contributed by atoms with Gasteiger partial charge < -0.3 is 10.2 Å². The third kappa shape index (κ3) is 2.59. The van der Waals surface area contributed by atoms with Crippen LogP contribution in [0.4, 0.5) is 0 Å². The third-order valence-electron chi connectivity index (χ3n) is 3.07. The van der Waals surface area contributed by atoms with Crippen molar-refractivity contribution in [3.05, 3.63) is 68.3 Å². The van der Waals surface area contributed by atoms with Crippen LogP contribution in [0.15, 0.2) is 51.4 Å². The van der Waals surface area contributed by atoms with Gasteiger partial charge in [-0.3, -0.25) is 0 Å². The smallest absolute Gasteiger partial charge is 0.152 e. The van der Waals surface area contributed by atoms with Gasteiger partial charge in [-0.2, -0.15) is 0 Å². The van der Waals surface area contributed by atoms with Gasteiger partial charge in [-0.25, -0.2) is 0 Å². The van der Waals surface area contributed by atoms with E-state index in [9.17, 15) is 0 Å². The molecule has 3 rings (SSSR count). The van der Waals surface area contributed by atoms with Gasteiger partial charge >= 0.3 is 0 Å². The second-order valence-corrected chi connectivity index (χ2v) is 6.25. The van der Waals surface area contributed by atoms with Crippen molar-refractivity contribution in [2.24, 2.45) is 5.73 Å². The number of nitrogens with two attached hydrogens (primary N) is 1. The molecular weight excluding hydrogens is 361 g/mol. The fourth-order valence-electron chi connectivity index (χ4n) is 2.12. The van der Waals surface area contributed by atoms with Gasteiger partial charge in [0.1, 0.15) is 5.76 Å². The third-order valence-corrected chi connectivity index (χ3v) is 4.04. The summed E-state index contributed by atoms with van der Waals surface area (Å²) < 4.78 is 6.66. The standard InChI is InChI=1S/C15H10BrCl2NO/c16-10-4-9(5-11(17)7-10)14(19)13-6-8-2-1-3-12(18)15(8)20-13/h1-7,14H,19H2. The molecular formula is C15H10BrCl2NO. The molecule has 0 amide bonds. The van der Waals surface area contributed by atoms with Gasteiger partial charge in [0.2, 0.25) is 0 Å². The lowest BCUT2D eigenvalue weighted by molar-refractivity contribution is 0.525. The van der Waals surface area contributed by atoms with Crippen LogP contribution in [0.3, 0.4) is 0 Å². The molecule has 0 aliphatic carbocycles. The van der Waals surface area contributed by atoms with Crippen LogP contribution in [-0.4, -0.2) is 0 Å². The predicted octanol–water partition coefficient (Wildman–Crippen LogP) is 5.55. The average molecular weight is 371 g/mol. The van der Waals surface area contributed by atoms with E-state index in [1.807, 2.05) is 36.4 Å². The van der Waals surface area contributed by atoms with Gasteiger partial charge in [0.05, 0.1) is 11.1 Å². The Balaban J connectivity index is 2.07. The molecule has 1 heterocycles. The van der Waals surface area contributed by atoms with E-state index in [4.69, 9.17) is 33.4 Å². The molecule has 0 bridgehead atoms. The molecule has 2 aromatic carbocycles. The maximum Gasteiger partial charge on any atom is 0.152 e. The monoisotopic (exact) mass is 369 g/mol. The average Bonchev–Trinajstić information content (AvgIpc) is 2.82. The summed E-state index contributed by atoms with van der Waals surface area (Å²) in [5.74, 6) is 0.655. The lowest BCUT2D eigenvalue weighted by atomic mass is 10.1. The van der Waals surface area contributed by atoms with Crippen LogP contribution < -0.4 is 5.73 Å². The molecule has 1 aromatic heterocycles. The molecule has 5 heteroatoms. The Labute approximate surface area is 134 Å². The van der Waals surface area contributed by atoms with E-state index < -0.39 is 6.04 Å². The molecule has 0 saturated heterocycles. The Kier molecular flexibility index (Phi) is 3.78. The zero-order chi connectivity index (χ0) is 14.3. The number of hydrogen-bond donors (Lipinski definition) is 1. The summed E-state index contributed by atoms with van der Waals surface area (Å²) in [6.45, 7) is 0. The summed E-state index contributed by atoms with van der Waals surface area (Å²) in [5, 5.41) is 2.14. The van der Waals surface area contributed by atoms with E-state index in [1.54, 1.807) is 6.07 Å². The van der Waals surface area contributed by atoms with E-state index in [1.165, 1.54) is 0 Å². The Morgan fingerprint density at radius 2 is 1.90 bits per heavy atom. The number of halogens is 3. The molecule has 3 aromatic rings. The number of furan rings is 1. The van der Waals surface area contributed by atoms with Gasteiger partial charge in [-0.1, -0.05) is 51.3 Å². The number of benzene rings is 2. The quantitative estimate of drug-likeness (QED) is 0.642. The fraction of sp³-hybridized carbons (Fsp3) is 0.0667. The first-order chi connectivity index (χ1) is 9.54. The Bertz CT molecular complexity index is 764. The van der Waals surface area contributed by atoms with E-state index in [2.05, 4.69) is 15.9 Å². The van der Waals surface area contributed by atoms with Crippen molar-refractivity contribution in [3.63, 3.8) is 0 Å². The van der Waals surface area contributed by atoms with Crippen molar-refractivity contribution in [2.45, 2.75) is 6.04 Å². The molecule has 2 nitrogen and oxygen atoms in total. The minimum absolute atomic E-state index is 0.395. The largest absolute Gasteiger partial charge is 0.457 e. The highest BCUT2D eigenvalue weighted by molar-refractivity contribution is 9.10. The molecule has 0 radical (unpaired) electrons. The van der Waals surface area contributed by atoms with Crippen molar-refractivity contribution in [3.8, 4) is 0 Å². The summed E-state index contributed by atoms with van der Waals surface area (Å²) >= 11 is 15.6. The van der Waals surface area contributed by atoms with E-state index in [0.717, 1.165) is 15.4 Å². The first-order valence-electron chi connectivity index (χ1n) is 5.94. The van der Waals surface area contributed by atoms with Crippen LogP contribution >= 0.6 is 39.1 Å². The van der Waals surface area contributed by atoms with E-state index in [0.29, 0.717) is 21.4 Å². The molecule has 1 unspecified atom stereocenters. The second-order valence-electron chi connectivity index (χ2n) is 4.49. The van der Waals surface area contributed by atoms with Gasteiger partial charge in [0, 0.05) is 14.9 Å². The SMILES string of the molecule is NC(c1cc(Cl)cc(Br)c1)c1cc2cccc(Cl)c2o1. The summed E-state index contributed by atoms with van der Waals surface area (Å²) in [7, 11) is 0. The molecule has 0 aliphatic heterocycles. The number of hydrogen-bond acceptors (Lipinski definition) is 2. The fourth-order valence-corrected chi connectivity index (χ4v) is 3.23. The number of fused-ring (bicyclic) bond motifs is 1. The van der Waals surface area contributed by atoms with E-state index in [-0.39, 0.29) is 0 Å². The van der Waals surface area contributed by atoms with Crippen LogP contribution in [0.25, 0.3) is 11.0 Å². The normalized spacial score (nSPS) is 12.8. The lowest BCUT2D eigenvalue weighted by Gasteiger charge is -2.10. The summed E-state index contributed by atoms with van der Waals surface area (Å²) in [6, 6.07) is 12.7. The van der Waals surface area contributed by atoms with Gasteiger partial charge in [0.25, 0.3) is 0 Å². The van der Waals surface area contributed by atoms with Crippen molar-refractivity contribution < 1.29 is 4.42 Å². The maximum absolute atomic E-state index is 6.25. The van der Waals surface area contributed by atoms with Gasteiger partial charge in [-0.15, -0.1) is 0 Å². The van der Waals surface area contributed by atoms with Crippen LogP contribution in [0.2, 0.25) is 10.0 Å². The lowest BCUT2D eigenvalue weighted by Crippen LogP contribution is -2.10. The van der Waals surface area contributed by atoms with Crippen LogP contribution in [0.1, 0.15) is 17.4 Å². The van der Waals surface area contributed by atoms with Crippen molar-refractivity contribution in [2.75, 3.05) is 0 Å². The zero-order valence-electron chi connectivity index (χ0n) is 10.2. The Morgan fingerprint density at radius 3 is 2.60 bits per heavy atom. The molecule has 0 spiro atoms. The molecule has 102 valence electrons. The van der Waals surface area contributed by atoms with Gasteiger partial charge in [-0.05, 0) is 35.9 Å². The number of para-hydroxylation sites is 1. The van der Waals surface area contributed by atoms with Crippen molar-refractivity contribution in [1.82, 2.24) is 0 Å². The Morgan fingerprint density at radius 1 is 1.10 bits per heavy atom. The predicted molar refractivity (Wildman–Crippen MR) is 86.4 cm³/mol. The minimum atomic E-state index is -0.395. The van der Waals surface area contributed by atoms with Crippen molar-refractivity contribution in [1.29, 1.82) is 0 Å². The Hall–Kier alpha value is -1.00. The molecule has 20 heavy (non-hydrogen) atoms. The van der Waals surface area contributed by atoms with Crippen molar-refractivity contribution >= 4 is 50.1 Å². The highest BCUT2D eigenvalue weighted by Crippen LogP contribution is 2.32. The maximum atomic E-state index is 6.25. The molecule has 0 aliphatic rings. The minimum Gasteiger partial charge on any atom is -0.457 e. The van der Waals surface area contributed by atoms with Crippen LogP contribution in [-0.2, 0) is 0 Å². The topological polar surface area (TPSA) is 39.2 Å². The van der Waals surface area contributed by atoms with Gasteiger partial charge in [0.15, 0.2) is 5.58 Å². The highest BCUT2D eigenvalue weighted by atomic mass is 79.9. The second kappa shape index (κ2) is 5.41. The molecule has 0 saturated carbocycles. The zero-order valence-corrected chi connectivity index (χ0v) is 13.3. The molecule has 0 fully saturated rings. The first kappa shape index (κ1) is 14.0. The molecule has 1 atom stereocenters. The first-order valence-corrected chi connectivity index (χ1v) is 7.49.